The minimum Gasteiger partial charge on any atom is -0.478 e. The molecule has 1 aliphatic heterocycles. The Kier molecular flexibility index (Phi) is 4.59. The SMILES string of the molecule is C[C@H]1Oc2c(cccc2C(=O)OCc2ncnn2CC(F)F)NC1=O. The monoisotopic (exact) mass is 352 g/mol. The maximum atomic E-state index is 12.5. The fourth-order valence-corrected chi connectivity index (χ4v) is 2.28. The van der Waals surface area contributed by atoms with Crippen molar-refractivity contribution in [2.75, 3.05) is 5.32 Å². The van der Waals surface area contributed by atoms with Crippen molar-refractivity contribution < 1.29 is 27.8 Å². The molecule has 1 N–H and O–H groups in total. The van der Waals surface area contributed by atoms with Crippen LogP contribution in [0.15, 0.2) is 24.5 Å². The number of amides is 1. The van der Waals surface area contributed by atoms with Crippen LogP contribution < -0.4 is 10.1 Å². The molecule has 10 heteroatoms. The minimum absolute atomic E-state index is 0.0982. The minimum atomic E-state index is -2.60. The summed E-state index contributed by atoms with van der Waals surface area (Å²) >= 11 is 0. The van der Waals surface area contributed by atoms with Crippen LogP contribution in [-0.4, -0.2) is 39.2 Å². The molecule has 0 aliphatic carbocycles. The van der Waals surface area contributed by atoms with E-state index in [0.717, 1.165) is 11.0 Å². The molecule has 0 saturated carbocycles. The molecule has 1 aromatic heterocycles. The van der Waals surface area contributed by atoms with Crippen molar-refractivity contribution in [3.8, 4) is 5.75 Å². The third kappa shape index (κ3) is 3.57. The lowest BCUT2D eigenvalue weighted by molar-refractivity contribution is -0.122. The first kappa shape index (κ1) is 16.8. The van der Waals surface area contributed by atoms with Crippen molar-refractivity contribution in [2.45, 2.75) is 32.6 Å². The van der Waals surface area contributed by atoms with Crippen LogP contribution in [-0.2, 0) is 22.7 Å². The third-order valence-electron chi connectivity index (χ3n) is 3.50. The van der Waals surface area contributed by atoms with Gasteiger partial charge in [-0.15, -0.1) is 0 Å². The number of anilines is 1. The fourth-order valence-electron chi connectivity index (χ4n) is 2.28. The molecule has 0 fully saturated rings. The number of nitrogens with one attached hydrogen (secondary N) is 1. The highest BCUT2D eigenvalue weighted by Gasteiger charge is 2.28. The Bertz CT molecular complexity index is 809. The Hall–Kier alpha value is -3.04. The Morgan fingerprint density at radius 1 is 1.48 bits per heavy atom. The second-order valence-electron chi connectivity index (χ2n) is 5.26. The molecule has 0 bridgehead atoms. The smallest absolute Gasteiger partial charge is 0.342 e. The van der Waals surface area contributed by atoms with Gasteiger partial charge in [-0.1, -0.05) is 6.07 Å². The highest BCUT2D eigenvalue weighted by Crippen LogP contribution is 2.33. The Morgan fingerprint density at radius 2 is 2.28 bits per heavy atom. The van der Waals surface area contributed by atoms with Gasteiger partial charge in [0.15, 0.2) is 24.3 Å². The zero-order chi connectivity index (χ0) is 18.0. The molecule has 1 aromatic carbocycles. The molecule has 132 valence electrons. The standard InChI is InChI=1S/C15H14F2N4O4/c1-8-14(22)20-10-4-2-3-9(13(10)25-8)15(23)24-6-12-18-7-19-21(12)5-11(16)17/h2-4,7-8,11H,5-6H2,1H3,(H,20,22)/t8-/m1/s1. The van der Waals surface area contributed by atoms with E-state index in [2.05, 4.69) is 15.4 Å². The van der Waals surface area contributed by atoms with E-state index in [0.29, 0.717) is 5.69 Å². The number of alkyl halides is 2. The van der Waals surface area contributed by atoms with Gasteiger partial charge in [0.2, 0.25) is 0 Å². The van der Waals surface area contributed by atoms with E-state index in [4.69, 9.17) is 9.47 Å². The topological polar surface area (TPSA) is 95.3 Å². The quantitative estimate of drug-likeness (QED) is 0.822. The van der Waals surface area contributed by atoms with Crippen LogP contribution in [0, 0.1) is 0 Å². The largest absolute Gasteiger partial charge is 0.478 e. The van der Waals surface area contributed by atoms with E-state index < -0.39 is 25.0 Å². The second kappa shape index (κ2) is 6.83. The van der Waals surface area contributed by atoms with E-state index in [9.17, 15) is 18.4 Å². The summed E-state index contributed by atoms with van der Waals surface area (Å²) in [5.41, 5.74) is 0.475. The lowest BCUT2D eigenvalue weighted by Gasteiger charge is -2.24. The van der Waals surface area contributed by atoms with Gasteiger partial charge < -0.3 is 14.8 Å². The number of para-hydroxylation sites is 1. The summed E-state index contributed by atoms with van der Waals surface area (Å²) in [7, 11) is 0. The van der Waals surface area contributed by atoms with Crippen LogP contribution in [0.3, 0.4) is 0 Å². The van der Waals surface area contributed by atoms with Gasteiger partial charge >= 0.3 is 5.97 Å². The van der Waals surface area contributed by atoms with Gasteiger partial charge in [-0.2, -0.15) is 5.10 Å². The number of fused-ring (bicyclic) bond motifs is 1. The van der Waals surface area contributed by atoms with E-state index >= 15 is 0 Å². The van der Waals surface area contributed by atoms with Gasteiger partial charge in [-0.25, -0.2) is 23.2 Å². The van der Waals surface area contributed by atoms with E-state index in [1.807, 2.05) is 0 Å². The molecular weight excluding hydrogens is 338 g/mol. The number of hydrogen-bond donors (Lipinski definition) is 1. The van der Waals surface area contributed by atoms with Gasteiger partial charge in [0.1, 0.15) is 18.4 Å². The zero-order valence-corrected chi connectivity index (χ0v) is 13.1. The number of aromatic nitrogens is 3. The lowest BCUT2D eigenvalue weighted by atomic mass is 10.1. The van der Waals surface area contributed by atoms with Crippen molar-refractivity contribution in [3.05, 3.63) is 35.9 Å². The molecule has 1 aliphatic rings. The Labute approximate surface area is 140 Å². The molecule has 0 radical (unpaired) electrons. The molecule has 0 saturated heterocycles. The average Bonchev–Trinajstić information content (AvgIpc) is 2.99. The predicted octanol–water partition coefficient (Wildman–Crippen LogP) is 1.62. The molecule has 25 heavy (non-hydrogen) atoms. The molecule has 0 spiro atoms. The van der Waals surface area contributed by atoms with Crippen LogP contribution in [0.4, 0.5) is 14.5 Å². The number of esters is 1. The number of halogens is 2. The summed E-state index contributed by atoms with van der Waals surface area (Å²) in [6.07, 6.45) is -2.25. The molecule has 2 heterocycles. The van der Waals surface area contributed by atoms with Gasteiger partial charge in [-0.05, 0) is 19.1 Å². The van der Waals surface area contributed by atoms with Crippen molar-refractivity contribution in [3.63, 3.8) is 0 Å². The maximum Gasteiger partial charge on any atom is 0.342 e. The third-order valence-corrected chi connectivity index (χ3v) is 3.50. The first-order valence-electron chi connectivity index (χ1n) is 7.38. The number of benzene rings is 1. The second-order valence-corrected chi connectivity index (χ2v) is 5.26. The Balaban J connectivity index is 1.74. The van der Waals surface area contributed by atoms with Crippen molar-refractivity contribution >= 4 is 17.6 Å². The van der Waals surface area contributed by atoms with E-state index in [1.165, 1.54) is 6.07 Å². The summed E-state index contributed by atoms with van der Waals surface area (Å²) < 4.78 is 36.5. The predicted molar refractivity (Wildman–Crippen MR) is 80.3 cm³/mol. The number of hydrogen-bond acceptors (Lipinski definition) is 6. The van der Waals surface area contributed by atoms with E-state index in [1.54, 1.807) is 19.1 Å². The number of carbonyl (C=O) groups excluding carboxylic acids is 2. The van der Waals surface area contributed by atoms with Gasteiger partial charge in [-0.3, -0.25) is 4.79 Å². The summed E-state index contributed by atoms with van der Waals surface area (Å²) in [4.78, 5) is 27.7. The molecule has 1 atom stereocenters. The first-order chi connectivity index (χ1) is 12.0. The average molecular weight is 352 g/mol. The number of nitrogens with zero attached hydrogens (tertiary/aromatic N) is 3. The van der Waals surface area contributed by atoms with Crippen LogP contribution in [0.2, 0.25) is 0 Å². The molecule has 0 unspecified atom stereocenters. The summed E-state index contributed by atoms with van der Waals surface area (Å²) in [6.45, 7) is 0.588. The highest BCUT2D eigenvalue weighted by molar-refractivity contribution is 6.02. The molecule has 3 rings (SSSR count). The van der Waals surface area contributed by atoms with Crippen LogP contribution in [0.1, 0.15) is 23.1 Å². The van der Waals surface area contributed by atoms with Crippen LogP contribution in [0.25, 0.3) is 0 Å². The van der Waals surface area contributed by atoms with E-state index in [-0.39, 0.29) is 29.7 Å². The van der Waals surface area contributed by atoms with Gasteiger partial charge in [0, 0.05) is 0 Å². The van der Waals surface area contributed by atoms with Crippen LogP contribution in [0.5, 0.6) is 5.75 Å². The van der Waals surface area contributed by atoms with Crippen molar-refractivity contribution in [2.24, 2.45) is 0 Å². The molecular formula is C15H14F2N4O4. The summed E-state index contributed by atoms with van der Waals surface area (Å²) in [5, 5.41) is 6.28. The maximum absolute atomic E-state index is 12.5. The number of rotatable bonds is 5. The summed E-state index contributed by atoms with van der Waals surface area (Å²) in [6, 6.07) is 4.64. The lowest BCUT2D eigenvalue weighted by Crippen LogP contribution is -2.35. The first-order valence-corrected chi connectivity index (χ1v) is 7.38. The van der Waals surface area contributed by atoms with Gasteiger partial charge in [0.05, 0.1) is 5.69 Å². The fraction of sp³-hybridized carbons (Fsp3) is 0.333. The summed E-state index contributed by atoms with van der Waals surface area (Å²) in [5.74, 6) is -0.750. The van der Waals surface area contributed by atoms with Crippen LogP contribution >= 0.6 is 0 Å². The molecule has 8 nitrogen and oxygen atoms in total. The van der Waals surface area contributed by atoms with Gasteiger partial charge in [0.25, 0.3) is 12.3 Å². The molecule has 2 aromatic rings. The number of carbonyl (C=O) groups is 2. The highest BCUT2D eigenvalue weighted by atomic mass is 19.3. The van der Waals surface area contributed by atoms with Crippen molar-refractivity contribution in [1.29, 1.82) is 0 Å². The normalized spacial score (nSPS) is 16.2. The Morgan fingerprint density at radius 3 is 3.04 bits per heavy atom. The number of ether oxygens (including phenoxy) is 2. The van der Waals surface area contributed by atoms with Crippen molar-refractivity contribution in [1.82, 2.24) is 14.8 Å². The molecule has 1 amide bonds. The zero-order valence-electron chi connectivity index (χ0n) is 13.1.